The Morgan fingerprint density at radius 2 is 1.06 bits per heavy atom. The van der Waals surface area contributed by atoms with E-state index < -0.39 is 5.41 Å². The Bertz CT molecular complexity index is 2790. The zero-order valence-electron chi connectivity index (χ0n) is 26.6. The molecule has 1 heterocycles. The Morgan fingerprint density at radius 1 is 0.388 bits per heavy atom. The second-order valence-corrected chi connectivity index (χ2v) is 13.3. The van der Waals surface area contributed by atoms with Crippen LogP contribution in [0, 0.1) is 0 Å². The second-order valence-electron chi connectivity index (χ2n) is 13.3. The van der Waals surface area contributed by atoms with Gasteiger partial charge in [0.05, 0.1) is 16.6 Å². The first-order valence-electron chi connectivity index (χ1n) is 16.9. The molecule has 0 N–H and O–H groups in total. The molecule has 0 aliphatic heterocycles. The first-order chi connectivity index (χ1) is 24.3. The predicted octanol–water partition coefficient (Wildman–Crippen LogP) is 11.6. The molecule has 1 aromatic heterocycles. The van der Waals surface area contributed by atoms with Crippen molar-refractivity contribution < 1.29 is 0 Å². The maximum absolute atomic E-state index is 5.21. The largest absolute Gasteiger partial charge is 0.228 e. The summed E-state index contributed by atoms with van der Waals surface area (Å²) in [5.41, 5.74) is 14.3. The fraction of sp³-hybridized carbons (Fsp3) is 0.0213. The van der Waals surface area contributed by atoms with E-state index in [4.69, 9.17) is 9.97 Å². The molecule has 8 aromatic carbocycles. The third-order valence-corrected chi connectivity index (χ3v) is 10.9. The van der Waals surface area contributed by atoms with Crippen LogP contribution in [0.2, 0.25) is 0 Å². The monoisotopic (exact) mass is 620 g/mol. The summed E-state index contributed by atoms with van der Waals surface area (Å²) in [5, 5.41) is 6.07. The number of hydrogen-bond donors (Lipinski definition) is 0. The molecule has 0 radical (unpaired) electrons. The van der Waals surface area contributed by atoms with Crippen LogP contribution in [0.3, 0.4) is 0 Å². The van der Waals surface area contributed by atoms with Gasteiger partial charge in [0.25, 0.3) is 0 Å². The quantitative estimate of drug-likeness (QED) is 0.192. The van der Waals surface area contributed by atoms with Crippen molar-refractivity contribution in [2.45, 2.75) is 5.41 Å². The molecule has 0 unspecified atom stereocenters. The number of fused-ring (bicyclic) bond motifs is 15. The first kappa shape index (κ1) is 26.7. The van der Waals surface area contributed by atoms with Crippen LogP contribution in [0.4, 0.5) is 0 Å². The zero-order chi connectivity index (χ0) is 32.1. The van der Waals surface area contributed by atoms with Crippen molar-refractivity contribution in [2.24, 2.45) is 0 Å². The van der Waals surface area contributed by atoms with E-state index >= 15 is 0 Å². The summed E-state index contributed by atoms with van der Waals surface area (Å²) < 4.78 is 0. The van der Waals surface area contributed by atoms with Gasteiger partial charge in [0.15, 0.2) is 5.82 Å². The van der Waals surface area contributed by atoms with Gasteiger partial charge >= 0.3 is 0 Å². The van der Waals surface area contributed by atoms with Gasteiger partial charge in [0.2, 0.25) is 0 Å². The molecule has 0 saturated heterocycles. The Labute approximate surface area is 284 Å². The van der Waals surface area contributed by atoms with E-state index in [0.717, 1.165) is 33.5 Å². The van der Waals surface area contributed by atoms with Gasteiger partial charge in [-0.3, -0.25) is 0 Å². The van der Waals surface area contributed by atoms with E-state index in [1.54, 1.807) is 0 Å². The van der Waals surface area contributed by atoms with Crippen molar-refractivity contribution >= 4 is 32.4 Å². The lowest BCUT2D eigenvalue weighted by molar-refractivity contribution is 0.802. The molecule has 0 saturated carbocycles. The Balaban J connectivity index is 1.22. The average molecular weight is 621 g/mol. The van der Waals surface area contributed by atoms with Crippen molar-refractivity contribution in [2.75, 3.05) is 0 Å². The van der Waals surface area contributed by atoms with Crippen LogP contribution in [0.1, 0.15) is 22.3 Å². The lowest BCUT2D eigenvalue weighted by Crippen LogP contribution is -2.26. The van der Waals surface area contributed by atoms with Gasteiger partial charge in [0, 0.05) is 16.5 Å². The number of rotatable bonds is 2. The van der Waals surface area contributed by atoms with Gasteiger partial charge in [-0.15, -0.1) is 0 Å². The van der Waals surface area contributed by atoms with E-state index in [9.17, 15) is 0 Å². The van der Waals surface area contributed by atoms with Crippen molar-refractivity contribution in [3.63, 3.8) is 0 Å². The maximum Gasteiger partial charge on any atom is 0.160 e. The molecular weight excluding hydrogens is 593 g/mol. The summed E-state index contributed by atoms with van der Waals surface area (Å²) in [6, 6.07) is 61.8. The number of benzene rings is 8. The highest BCUT2D eigenvalue weighted by Gasteiger charge is 2.52. The Morgan fingerprint density at radius 3 is 1.88 bits per heavy atom. The lowest BCUT2D eigenvalue weighted by atomic mass is 9.69. The zero-order valence-corrected chi connectivity index (χ0v) is 26.6. The van der Waals surface area contributed by atoms with Gasteiger partial charge < -0.3 is 0 Å². The minimum Gasteiger partial charge on any atom is -0.228 e. The van der Waals surface area contributed by atoms with Gasteiger partial charge in [-0.25, -0.2) is 9.97 Å². The fourth-order valence-corrected chi connectivity index (χ4v) is 8.91. The third-order valence-electron chi connectivity index (χ3n) is 10.9. The molecule has 2 aliphatic rings. The van der Waals surface area contributed by atoms with E-state index in [-0.39, 0.29) is 0 Å². The Hall–Kier alpha value is -6.38. The summed E-state index contributed by atoms with van der Waals surface area (Å²) >= 11 is 0. The van der Waals surface area contributed by atoms with E-state index in [2.05, 4.69) is 164 Å². The molecule has 2 heteroatoms. The molecule has 9 aromatic rings. The topological polar surface area (TPSA) is 25.8 Å². The molecule has 0 fully saturated rings. The fourth-order valence-electron chi connectivity index (χ4n) is 8.91. The molecule has 11 rings (SSSR count). The molecule has 2 aliphatic carbocycles. The Kier molecular flexibility index (Phi) is 5.34. The molecule has 226 valence electrons. The first-order valence-corrected chi connectivity index (χ1v) is 16.9. The molecule has 0 atom stereocenters. The molecule has 2 nitrogen and oxygen atoms in total. The molecule has 0 amide bonds. The smallest absolute Gasteiger partial charge is 0.160 e. The van der Waals surface area contributed by atoms with Gasteiger partial charge in [0.1, 0.15) is 0 Å². The molecule has 1 spiro atoms. The van der Waals surface area contributed by atoms with Crippen LogP contribution in [-0.4, -0.2) is 9.97 Å². The van der Waals surface area contributed by atoms with Crippen LogP contribution >= 0.6 is 0 Å². The van der Waals surface area contributed by atoms with E-state index in [1.165, 1.54) is 66.1 Å². The van der Waals surface area contributed by atoms with Gasteiger partial charge in [-0.2, -0.15) is 0 Å². The molecule has 49 heavy (non-hydrogen) atoms. The van der Waals surface area contributed by atoms with Crippen molar-refractivity contribution in [3.05, 3.63) is 192 Å². The highest BCUT2D eigenvalue weighted by Crippen LogP contribution is 2.65. The van der Waals surface area contributed by atoms with Crippen LogP contribution in [0.5, 0.6) is 0 Å². The maximum atomic E-state index is 5.21. The summed E-state index contributed by atoms with van der Waals surface area (Å²) in [6.07, 6.45) is 0. The van der Waals surface area contributed by atoms with Crippen LogP contribution in [0.15, 0.2) is 170 Å². The highest BCUT2D eigenvalue weighted by molar-refractivity contribution is 6.11. The summed E-state index contributed by atoms with van der Waals surface area (Å²) in [4.78, 5) is 10.3. The lowest BCUT2D eigenvalue weighted by Gasteiger charge is -2.31. The van der Waals surface area contributed by atoms with E-state index in [0.29, 0.717) is 0 Å². The SMILES string of the molecule is c1ccc(-c2nc(-c3ccc4c5c(ccc4c3)-c3c(ccc4ccccc34)C53c4ccccc4-c4ccccc43)nc3ccccc23)cc1. The highest BCUT2D eigenvalue weighted by atomic mass is 14.9. The second kappa shape index (κ2) is 9.82. The number of para-hydroxylation sites is 1. The van der Waals surface area contributed by atoms with Gasteiger partial charge in [-0.05, 0) is 78.2 Å². The minimum absolute atomic E-state index is 0.428. The van der Waals surface area contributed by atoms with E-state index in [1.807, 2.05) is 6.07 Å². The third kappa shape index (κ3) is 3.50. The molecule has 0 bridgehead atoms. The normalized spacial score (nSPS) is 13.5. The standard InChI is InChI=1S/C47H28N2/c1-2-13-30(14-3-1)45-37-18-8-11-21-42(37)48-46(49-45)32-23-25-34-31(28-32)22-26-38-43-33-15-5-4-12-29(33)24-27-41(43)47(44(34)38)39-19-9-6-16-35(39)36-17-7-10-20-40(36)47/h1-28H. The number of aromatic nitrogens is 2. The number of hydrogen-bond acceptors (Lipinski definition) is 2. The number of nitrogens with zero attached hydrogens (tertiary/aromatic N) is 2. The predicted molar refractivity (Wildman–Crippen MR) is 202 cm³/mol. The minimum atomic E-state index is -0.428. The van der Waals surface area contributed by atoms with Crippen molar-refractivity contribution in [3.8, 4) is 44.9 Å². The average Bonchev–Trinajstić information content (AvgIpc) is 3.65. The van der Waals surface area contributed by atoms with Crippen molar-refractivity contribution in [1.82, 2.24) is 9.97 Å². The molecular formula is C47H28N2. The summed E-state index contributed by atoms with van der Waals surface area (Å²) in [5.74, 6) is 0.737. The van der Waals surface area contributed by atoms with Crippen LogP contribution in [0.25, 0.3) is 77.3 Å². The van der Waals surface area contributed by atoms with Gasteiger partial charge in [-0.1, -0.05) is 158 Å². The van der Waals surface area contributed by atoms with Crippen LogP contribution in [-0.2, 0) is 5.41 Å². The van der Waals surface area contributed by atoms with Crippen LogP contribution < -0.4 is 0 Å². The summed E-state index contributed by atoms with van der Waals surface area (Å²) in [7, 11) is 0. The summed E-state index contributed by atoms with van der Waals surface area (Å²) in [6.45, 7) is 0. The van der Waals surface area contributed by atoms with Crippen molar-refractivity contribution in [1.29, 1.82) is 0 Å².